The Kier molecular flexibility index (Phi) is 4.97. The second kappa shape index (κ2) is 7.14. The molecular formula is C16H15FN2O2S2. The zero-order valence-corrected chi connectivity index (χ0v) is 13.8. The molecule has 0 unspecified atom stereocenters. The smallest absolute Gasteiger partial charge is 0.261 e. The van der Waals surface area contributed by atoms with Crippen molar-refractivity contribution in [1.29, 1.82) is 0 Å². The van der Waals surface area contributed by atoms with Gasteiger partial charge in [0.15, 0.2) is 0 Å². The highest BCUT2D eigenvalue weighted by atomic mass is 32.2. The first-order valence-corrected chi connectivity index (χ1v) is 9.03. The number of thioether (sulfide) groups is 1. The highest BCUT2D eigenvalue weighted by Gasteiger charge is 2.23. The molecule has 0 spiro atoms. The average molecular weight is 350 g/mol. The summed E-state index contributed by atoms with van der Waals surface area (Å²) in [4.78, 5) is 25.4. The van der Waals surface area contributed by atoms with Crippen molar-refractivity contribution in [3.05, 3.63) is 52.0 Å². The van der Waals surface area contributed by atoms with Gasteiger partial charge in [0, 0.05) is 10.6 Å². The SMILES string of the molecule is O=C(CNC(=O)c1cccs1)N[C@@H]1CCSc2ccc(F)cc21. The van der Waals surface area contributed by atoms with E-state index in [1.807, 2.05) is 0 Å². The number of benzene rings is 1. The van der Waals surface area contributed by atoms with Crippen molar-refractivity contribution in [3.8, 4) is 0 Å². The lowest BCUT2D eigenvalue weighted by molar-refractivity contribution is -0.120. The van der Waals surface area contributed by atoms with Crippen LogP contribution in [0, 0.1) is 5.82 Å². The van der Waals surface area contributed by atoms with E-state index in [4.69, 9.17) is 0 Å². The van der Waals surface area contributed by atoms with Gasteiger partial charge in [-0.05, 0) is 41.6 Å². The molecule has 1 aliphatic rings. The van der Waals surface area contributed by atoms with Crippen LogP contribution < -0.4 is 10.6 Å². The molecule has 0 saturated heterocycles. The van der Waals surface area contributed by atoms with Crippen LogP contribution in [-0.4, -0.2) is 24.1 Å². The zero-order chi connectivity index (χ0) is 16.2. The number of halogens is 1. The third-order valence-corrected chi connectivity index (χ3v) is 5.49. The summed E-state index contributed by atoms with van der Waals surface area (Å²) in [6, 6.07) is 7.91. The normalized spacial score (nSPS) is 16.5. The van der Waals surface area contributed by atoms with E-state index in [2.05, 4.69) is 10.6 Å². The first-order chi connectivity index (χ1) is 11.1. The number of nitrogens with one attached hydrogen (secondary N) is 2. The van der Waals surface area contributed by atoms with Crippen LogP contribution in [0.4, 0.5) is 4.39 Å². The van der Waals surface area contributed by atoms with Gasteiger partial charge in [0.2, 0.25) is 5.91 Å². The fourth-order valence-electron chi connectivity index (χ4n) is 2.42. The van der Waals surface area contributed by atoms with Crippen molar-refractivity contribution in [2.45, 2.75) is 17.4 Å². The largest absolute Gasteiger partial charge is 0.348 e. The number of hydrogen-bond acceptors (Lipinski definition) is 4. The van der Waals surface area contributed by atoms with Gasteiger partial charge in [0.25, 0.3) is 5.91 Å². The Morgan fingerprint density at radius 2 is 2.17 bits per heavy atom. The van der Waals surface area contributed by atoms with Crippen LogP contribution >= 0.6 is 23.1 Å². The summed E-state index contributed by atoms with van der Waals surface area (Å²) >= 11 is 2.98. The van der Waals surface area contributed by atoms with Gasteiger partial charge >= 0.3 is 0 Å². The second-order valence-corrected chi connectivity index (χ2v) is 7.18. The van der Waals surface area contributed by atoms with Gasteiger partial charge < -0.3 is 10.6 Å². The highest BCUT2D eigenvalue weighted by molar-refractivity contribution is 7.99. The molecule has 0 fully saturated rings. The molecule has 2 N–H and O–H groups in total. The number of fused-ring (bicyclic) bond motifs is 1. The van der Waals surface area contributed by atoms with Crippen molar-refractivity contribution >= 4 is 34.9 Å². The monoisotopic (exact) mass is 350 g/mol. The van der Waals surface area contributed by atoms with Gasteiger partial charge in [0.1, 0.15) is 5.82 Å². The lowest BCUT2D eigenvalue weighted by Gasteiger charge is -2.26. The average Bonchev–Trinajstić information content (AvgIpc) is 3.08. The number of thiophene rings is 1. The van der Waals surface area contributed by atoms with Crippen LogP contribution in [-0.2, 0) is 4.79 Å². The molecule has 0 saturated carbocycles. The summed E-state index contributed by atoms with van der Waals surface area (Å²) in [6.07, 6.45) is 0.742. The molecule has 4 nitrogen and oxygen atoms in total. The van der Waals surface area contributed by atoms with Gasteiger partial charge in [-0.3, -0.25) is 9.59 Å². The van der Waals surface area contributed by atoms with E-state index in [0.717, 1.165) is 22.6 Å². The van der Waals surface area contributed by atoms with E-state index >= 15 is 0 Å². The summed E-state index contributed by atoms with van der Waals surface area (Å²) < 4.78 is 13.4. The molecule has 1 atom stereocenters. The van der Waals surface area contributed by atoms with Gasteiger partial charge in [0.05, 0.1) is 17.5 Å². The molecule has 0 radical (unpaired) electrons. The van der Waals surface area contributed by atoms with E-state index in [1.54, 1.807) is 35.3 Å². The maximum Gasteiger partial charge on any atom is 0.261 e. The number of carbonyl (C=O) groups excluding carboxylic acids is 2. The van der Waals surface area contributed by atoms with Crippen LogP contribution in [0.1, 0.15) is 27.7 Å². The van der Waals surface area contributed by atoms with Crippen molar-refractivity contribution in [2.75, 3.05) is 12.3 Å². The predicted molar refractivity (Wildman–Crippen MR) is 89.3 cm³/mol. The molecule has 7 heteroatoms. The van der Waals surface area contributed by atoms with Crippen LogP contribution in [0.25, 0.3) is 0 Å². The van der Waals surface area contributed by atoms with E-state index < -0.39 is 0 Å². The molecule has 1 aromatic carbocycles. The van der Waals surface area contributed by atoms with E-state index in [1.165, 1.54) is 23.5 Å². The third-order valence-electron chi connectivity index (χ3n) is 3.50. The topological polar surface area (TPSA) is 58.2 Å². The van der Waals surface area contributed by atoms with Crippen LogP contribution in [0.15, 0.2) is 40.6 Å². The summed E-state index contributed by atoms with van der Waals surface area (Å²) in [6.45, 7) is -0.0922. The Morgan fingerprint density at radius 3 is 2.96 bits per heavy atom. The molecule has 2 amide bonds. The van der Waals surface area contributed by atoms with Crippen molar-refractivity contribution in [2.24, 2.45) is 0 Å². The Morgan fingerprint density at radius 1 is 1.30 bits per heavy atom. The fourth-order valence-corrected chi connectivity index (χ4v) is 4.16. The lowest BCUT2D eigenvalue weighted by Crippen LogP contribution is -2.39. The maximum absolute atomic E-state index is 13.4. The van der Waals surface area contributed by atoms with Crippen molar-refractivity contribution in [3.63, 3.8) is 0 Å². The van der Waals surface area contributed by atoms with Crippen molar-refractivity contribution < 1.29 is 14.0 Å². The summed E-state index contributed by atoms with van der Waals surface area (Å²) in [5, 5.41) is 7.27. The minimum Gasteiger partial charge on any atom is -0.348 e. The zero-order valence-electron chi connectivity index (χ0n) is 12.2. The Bertz CT molecular complexity index is 719. The number of rotatable bonds is 4. The molecule has 3 rings (SSSR count). The van der Waals surface area contributed by atoms with Gasteiger partial charge in [-0.1, -0.05) is 6.07 Å². The highest BCUT2D eigenvalue weighted by Crippen LogP contribution is 2.36. The van der Waals surface area contributed by atoms with Crippen LogP contribution in [0.3, 0.4) is 0 Å². The quantitative estimate of drug-likeness (QED) is 0.891. The number of hydrogen-bond donors (Lipinski definition) is 2. The molecule has 0 aliphatic carbocycles. The molecule has 2 aromatic rings. The predicted octanol–water partition coefficient (Wildman–Crippen LogP) is 2.97. The number of carbonyl (C=O) groups is 2. The molecule has 1 aromatic heterocycles. The standard InChI is InChI=1S/C16H15FN2O2S2/c17-10-3-4-13-11(8-10)12(5-7-23-13)19-15(20)9-18-16(21)14-2-1-6-22-14/h1-4,6,8,12H,5,7,9H2,(H,18,21)(H,19,20)/t12-/m1/s1. The van der Waals surface area contributed by atoms with E-state index in [0.29, 0.717) is 4.88 Å². The molecule has 23 heavy (non-hydrogen) atoms. The number of amides is 2. The molecule has 2 heterocycles. The third kappa shape index (κ3) is 3.92. The lowest BCUT2D eigenvalue weighted by atomic mass is 10.0. The first-order valence-electron chi connectivity index (χ1n) is 7.17. The minimum absolute atomic E-state index is 0.0922. The Balaban J connectivity index is 1.59. The van der Waals surface area contributed by atoms with E-state index in [9.17, 15) is 14.0 Å². The van der Waals surface area contributed by atoms with Gasteiger partial charge in [-0.25, -0.2) is 4.39 Å². The Hall–Kier alpha value is -1.86. The summed E-state index contributed by atoms with van der Waals surface area (Å²) in [5.74, 6) is 0.0183. The minimum atomic E-state index is -0.309. The van der Waals surface area contributed by atoms with Gasteiger partial charge in [-0.2, -0.15) is 0 Å². The Labute approximate surface area is 141 Å². The molecular weight excluding hydrogens is 335 g/mol. The van der Waals surface area contributed by atoms with E-state index in [-0.39, 0.29) is 30.2 Å². The maximum atomic E-state index is 13.4. The summed E-state index contributed by atoms with van der Waals surface area (Å²) in [5.41, 5.74) is 0.805. The molecule has 1 aliphatic heterocycles. The summed E-state index contributed by atoms with van der Waals surface area (Å²) in [7, 11) is 0. The van der Waals surface area contributed by atoms with Gasteiger partial charge in [-0.15, -0.1) is 23.1 Å². The fraction of sp³-hybridized carbons (Fsp3) is 0.250. The first kappa shape index (κ1) is 16.0. The van der Waals surface area contributed by atoms with Crippen molar-refractivity contribution in [1.82, 2.24) is 10.6 Å². The molecule has 120 valence electrons. The second-order valence-electron chi connectivity index (χ2n) is 5.10. The molecule has 0 bridgehead atoms. The van der Waals surface area contributed by atoms with Crippen LogP contribution in [0.5, 0.6) is 0 Å². The van der Waals surface area contributed by atoms with Crippen LogP contribution in [0.2, 0.25) is 0 Å².